The summed E-state index contributed by atoms with van der Waals surface area (Å²) in [6.45, 7) is 5.76. The van der Waals surface area contributed by atoms with Gasteiger partial charge in [-0.25, -0.2) is 4.99 Å². The van der Waals surface area contributed by atoms with Crippen LogP contribution in [0.5, 0.6) is 0 Å². The van der Waals surface area contributed by atoms with Crippen LogP contribution in [0.4, 0.5) is 13.2 Å². The van der Waals surface area contributed by atoms with Gasteiger partial charge in [-0.15, -0.1) is 0 Å². The summed E-state index contributed by atoms with van der Waals surface area (Å²) in [5.41, 5.74) is 4.29. The molecule has 10 heteroatoms. The number of thioether (sulfide) groups is 1. The number of pyridine rings is 2. The number of nitrogens with zero attached hydrogens (tertiary/aromatic N) is 3. The maximum Gasteiger partial charge on any atom is 0.418 e. The van der Waals surface area contributed by atoms with Crippen LogP contribution in [-0.2, 0) is 18.1 Å². The van der Waals surface area contributed by atoms with Gasteiger partial charge in [-0.05, 0) is 35.6 Å². The van der Waals surface area contributed by atoms with Gasteiger partial charge in [0, 0.05) is 25.2 Å². The Kier molecular flexibility index (Phi) is 5.73. The number of hydrogen-bond acceptors (Lipinski definition) is 6. The first-order valence-electron chi connectivity index (χ1n) is 8.40. The van der Waals surface area contributed by atoms with Crippen molar-refractivity contribution in [2.24, 2.45) is 10.7 Å². The first-order valence-corrected chi connectivity index (χ1v) is 9.60. The van der Waals surface area contributed by atoms with Crippen LogP contribution in [0.15, 0.2) is 47.1 Å². The summed E-state index contributed by atoms with van der Waals surface area (Å²) in [4.78, 5) is 25.8. The average molecular weight is 441 g/mol. The molecule has 2 aromatic rings. The van der Waals surface area contributed by atoms with E-state index in [2.05, 4.69) is 21.5 Å². The van der Waals surface area contributed by atoms with Crippen molar-refractivity contribution in [1.82, 2.24) is 9.97 Å². The Bertz CT molecular complexity index is 1020. The molecule has 0 bridgehead atoms. The standard InChI is InChI=1S/C19H16ClF3N4OS/c1-10-8-18(2,27-17(24)29-10)15-6-11(3-4-25-15)5-14(28)16-13(19(21,22)23)7-12(20)9-26-16/h3-4,6-7,9H,1,5,8H2,2H3,(H2,24,27)/t18-/m0/s1. The lowest BCUT2D eigenvalue weighted by atomic mass is 9.91. The minimum atomic E-state index is -4.74. The van der Waals surface area contributed by atoms with Crippen molar-refractivity contribution in [3.63, 3.8) is 0 Å². The van der Waals surface area contributed by atoms with Gasteiger partial charge in [0.15, 0.2) is 11.0 Å². The summed E-state index contributed by atoms with van der Waals surface area (Å²) < 4.78 is 39.8. The zero-order valence-corrected chi connectivity index (χ0v) is 16.8. The average Bonchev–Trinajstić information content (AvgIpc) is 2.60. The number of alkyl halides is 3. The van der Waals surface area contributed by atoms with Crippen molar-refractivity contribution < 1.29 is 18.0 Å². The lowest BCUT2D eigenvalue weighted by molar-refractivity contribution is -0.138. The van der Waals surface area contributed by atoms with Crippen LogP contribution in [-0.4, -0.2) is 20.9 Å². The van der Waals surface area contributed by atoms with Crippen LogP contribution in [0.2, 0.25) is 5.02 Å². The topological polar surface area (TPSA) is 81.2 Å². The summed E-state index contributed by atoms with van der Waals surface area (Å²) >= 11 is 6.90. The number of nitrogens with two attached hydrogens (primary N) is 1. The van der Waals surface area contributed by atoms with Gasteiger partial charge < -0.3 is 5.73 Å². The second kappa shape index (κ2) is 7.79. The van der Waals surface area contributed by atoms with Gasteiger partial charge in [-0.3, -0.25) is 14.8 Å². The molecule has 0 unspecified atom stereocenters. The van der Waals surface area contributed by atoms with Gasteiger partial charge in [0.2, 0.25) is 0 Å². The quantitative estimate of drug-likeness (QED) is 0.693. The number of aliphatic imine (C=N–C) groups is 1. The minimum Gasteiger partial charge on any atom is -0.378 e. The van der Waals surface area contributed by atoms with E-state index in [1.54, 1.807) is 12.1 Å². The molecule has 3 rings (SSSR count). The van der Waals surface area contributed by atoms with Crippen molar-refractivity contribution in [2.45, 2.75) is 31.5 Å². The Morgan fingerprint density at radius 1 is 1.38 bits per heavy atom. The molecule has 1 aliphatic rings. The molecule has 29 heavy (non-hydrogen) atoms. The van der Waals surface area contributed by atoms with Crippen molar-refractivity contribution in [3.8, 4) is 0 Å². The Labute approximate surface area is 174 Å². The third-order valence-electron chi connectivity index (χ3n) is 4.31. The van der Waals surface area contributed by atoms with Crippen LogP contribution in [0.25, 0.3) is 0 Å². The molecular formula is C19H16ClF3N4OS. The van der Waals surface area contributed by atoms with Crippen molar-refractivity contribution >= 4 is 34.3 Å². The molecule has 2 N–H and O–H groups in total. The van der Waals surface area contributed by atoms with Gasteiger partial charge in [0.05, 0.1) is 16.3 Å². The first-order chi connectivity index (χ1) is 13.5. The van der Waals surface area contributed by atoms with E-state index in [-0.39, 0.29) is 11.4 Å². The van der Waals surface area contributed by atoms with E-state index in [0.717, 1.165) is 11.1 Å². The van der Waals surface area contributed by atoms with Crippen molar-refractivity contribution in [1.29, 1.82) is 0 Å². The largest absolute Gasteiger partial charge is 0.418 e. The van der Waals surface area contributed by atoms with E-state index in [0.29, 0.717) is 28.9 Å². The lowest BCUT2D eigenvalue weighted by Gasteiger charge is -2.30. The number of carbonyl (C=O) groups excluding carboxylic acids is 1. The highest BCUT2D eigenvalue weighted by atomic mass is 35.5. The van der Waals surface area contributed by atoms with Gasteiger partial charge in [-0.1, -0.05) is 29.9 Å². The Morgan fingerprint density at radius 2 is 2.10 bits per heavy atom. The second-order valence-corrected chi connectivity index (χ2v) is 8.37. The van der Waals surface area contributed by atoms with Crippen molar-refractivity contribution in [2.75, 3.05) is 0 Å². The Balaban J connectivity index is 1.91. The minimum absolute atomic E-state index is 0.196. The number of carbonyl (C=O) groups is 1. The van der Waals surface area contributed by atoms with Gasteiger partial charge in [0.1, 0.15) is 11.2 Å². The molecule has 2 aromatic heterocycles. The zero-order valence-electron chi connectivity index (χ0n) is 15.3. The molecule has 0 radical (unpaired) electrons. The number of aromatic nitrogens is 2. The SMILES string of the molecule is C=C1C[C@@](C)(c2cc(CC(=O)c3ncc(Cl)cc3C(F)(F)F)ccn2)N=C(N)S1. The van der Waals surface area contributed by atoms with Gasteiger partial charge in [0.25, 0.3) is 0 Å². The summed E-state index contributed by atoms with van der Waals surface area (Å²) in [5, 5.41) is 0.158. The smallest absolute Gasteiger partial charge is 0.378 e. The summed E-state index contributed by atoms with van der Waals surface area (Å²) in [5.74, 6) is -0.775. The maximum absolute atomic E-state index is 13.3. The number of Topliss-reactive ketones (excluding diaryl/α,β-unsaturated/α-hetero) is 1. The monoisotopic (exact) mass is 440 g/mol. The highest BCUT2D eigenvalue weighted by Gasteiger charge is 2.37. The summed E-state index contributed by atoms with van der Waals surface area (Å²) in [6.07, 6.45) is -2.02. The van der Waals surface area contributed by atoms with Gasteiger partial charge in [-0.2, -0.15) is 13.2 Å². The summed E-state index contributed by atoms with van der Waals surface area (Å²) in [6, 6.07) is 3.90. The predicted molar refractivity (Wildman–Crippen MR) is 107 cm³/mol. The fraction of sp³-hybridized carbons (Fsp3) is 0.263. The highest BCUT2D eigenvalue weighted by molar-refractivity contribution is 8.17. The Morgan fingerprint density at radius 3 is 2.76 bits per heavy atom. The zero-order chi connectivity index (χ0) is 21.4. The van der Waals surface area contributed by atoms with Crippen LogP contribution in [0, 0.1) is 0 Å². The maximum atomic E-state index is 13.3. The van der Waals surface area contributed by atoms with E-state index in [1.165, 1.54) is 18.0 Å². The van der Waals surface area contributed by atoms with Crippen LogP contribution in [0.3, 0.4) is 0 Å². The number of halogens is 4. The van der Waals surface area contributed by atoms with Crippen LogP contribution < -0.4 is 5.73 Å². The van der Waals surface area contributed by atoms with E-state index in [4.69, 9.17) is 17.3 Å². The second-order valence-electron chi connectivity index (χ2n) is 6.74. The normalized spacial score (nSPS) is 19.8. The molecule has 0 aromatic carbocycles. The molecular weight excluding hydrogens is 425 g/mol. The van der Waals surface area contributed by atoms with Gasteiger partial charge >= 0.3 is 6.18 Å². The van der Waals surface area contributed by atoms with Crippen LogP contribution in [0.1, 0.15) is 40.7 Å². The number of amidine groups is 1. The molecule has 1 atom stereocenters. The number of ketones is 1. The molecule has 0 saturated heterocycles. The van der Waals surface area contributed by atoms with Crippen LogP contribution >= 0.6 is 23.4 Å². The lowest BCUT2D eigenvalue weighted by Crippen LogP contribution is -2.29. The molecule has 0 amide bonds. The van der Waals surface area contributed by atoms with Crippen molar-refractivity contribution in [3.05, 3.63) is 69.6 Å². The first kappa shape index (κ1) is 21.3. The third kappa shape index (κ3) is 4.79. The molecule has 152 valence electrons. The summed E-state index contributed by atoms with van der Waals surface area (Å²) in [7, 11) is 0. The third-order valence-corrected chi connectivity index (χ3v) is 5.25. The van der Waals surface area contributed by atoms with E-state index < -0.39 is 28.8 Å². The molecule has 0 spiro atoms. The fourth-order valence-corrected chi connectivity index (χ4v) is 4.10. The highest BCUT2D eigenvalue weighted by Crippen LogP contribution is 2.39. The molecule has 1 aliphatic heterocycles. The Hall–Kier alpha value is -2.39. The van der Waals surface area contributed by atoms with E-state index in [9.17, 15) is 18.0 Å². The molecule has 5 nitrogen and oxygen atoms in total. The molecule has 0 saturated carbocycles. The predicted octanol–water partition coefficient (Wildman–Crippen LogP) is 4.75. The van der Waals surface area contributed by atoms with E-state index in [1.807, 2.05) is 6.92 Å². The molecule has 0 fully saturated rings. The number of rotatable bonds is 4. The molecule has 0 aliphatic carbocycles. The molecule has 3 heterocycles. The fourth-order valence-electron chi connectivity index (χ4n) is 3.05. The van der Waals surface area contributed by atoms with E-state index >= 15 is 0 Å². The number of hydrogen-bond donors (Lipinski definition) is 1.